The van der Waals surface area contributed by atoms with Crippen LogP contribution in [0.5, 0.6) is 0 Å². The molecule has 0 fully saturated rings. The zero-order valence-electron chi connectivity index (χ0n) is 11.8. The van der Waals surface area contributed by atoms with Crippen molar-refractivity contribution in [2.75, 3.05) is 6.54 Å². The van der Waals surface area contributed by atoms with E-state index >= 15 is 0 Å². The highest BCUT2D eigenvalue weighted by atomic mass is 16.4. The number of carboxylic acid groups (broad SMARTS) is 1. The smallest absolute Gasteiger partial charge is 0.315 e. The zero-order chi connectivity index (χ0) is 15.0. The highest BCUT2D eigenvalue weighted by molar-refractivity contribution is 5.73. The molecule has 0 aliphatic carbocycles. The Morgan fingerprint density at radius 1 is 1.40 bits per heavy atom. The van der Waals surface area contributed by atoms with Gasteiger partial charge in [-0.2, -0.15) is 0 Å². The molecule has 3 N–H and O–H groups in total. The van der Waals surface area contributed by atoms with Gasteiger partial charge in [0.05, 0.1) is 6.54 Å². The number of carbonyl (C=O) groups is 2. The molecule has 0 radical (unpaired) electrons. The number of aliphatic carboxylic acids is 1. The predicted molar refractivity (Wildman–Crippen MR) is 72.0 cm³/mol. The third-order valence-electron chi connectivity index (χ3n) is 3.04. The number of nitrogens with one attached hydrogen (secondary N) is 2. The Balaban J connectivity index is 2.31. The maximum atomic E-state index is 11.6. The molecular weight excluding hydrogens is 262 g/mol. The molecule has 8 nitrogen and oxygen atoms in total. The van der Waals surface area contributed by atoms with Gasteiger partial charge < -0.3 is 20.3 Å². The van der Waals surface area contributed by atoms with Gasteiger partial charge in [-0.05, 0) is 12.8 Å². The lowest BCUT2D eigenvalue weighted by atomic mass is 10.0. The van der Waals surface area contributed by atoms with Crippen molar-refractivity contribution in [3.8, 4) is 0 Å². The van der Waals surface area contributed by atoms with Crippen LogP contribution in [0.15, 0.2) is 6.33 Å². The summed E-state index contributed by atoms with van der Waals surface area (Å²) in [5.41, 5.74) is 0. The Kier molecular flexibility index (Phi) is 6.48. The fourth-order valence-corrected chi connectivity index (χ4v) is 1.75. The quantitative estimate of drug-likeness (QED) is 0.647. The first-order chi connectivity index (χ1) is 9.56. The van der Waals surface area contributed by atoms with Crippen molar-refractivity contribution in [1.29, 1.82) is 0 Å². The summed E-state index contributed by atoms with van der Waals surface area (Å²) in [4.78, 5) is 22.2. The van der Waals surface area contributed by atoms with Crippen molar-refractivity contribution in [2.24, 2.45) is 5.92 Å². The molecule has 0 saturated carbocycles. The van der Waals surface area contributed by atoms with Crippen LogP contribution in [0.2, 0.25) is 0 Å². The largest absolute Gasteiger partial charge is 0.481 e. The molecule has 1 atom stereocenters. The molecule has 0 aromatic carbocycles. The van der Waals surface area contributed by atoms with E-state index < -0.39 is 5.97 Å². The fraction of sp³-hybridized carbons (Fsp3) is 0.667. The van der Waals surface area contributed by atoms with E-state index in [-0.39, 0.29) is 24.9 Å². The number of nitrogens with zero attached hydrogens (tertiary/aromatic N) is 3. The molecule has 1 aromatic rings. The van der Waals surface area contributed by atoms with E-state index in [4.69, 9.17) is 5.11 Å². The maximum Gasteiger partial charge on any atom is 0.315 e. The van der Waals surface area contributed by atoms with Crippen molar-refractivity contribution in [3.63, 3.8) is 0 Å². The monoisotopic (exact) mass is 283 g/mol. The molecule has 8 heteroatoms. The highest BCUT2D eigenvalue weighted by Crippen LogP contribution is 2.06. The van der Waals surface area contributed by atoms with Crippen LogP contribution in [0.1, 0.15) is 32.5 Å². The summed E-state index contributed by atoms with van der Waals surface area (Å²) in [6.07, 6.45) is 2.37. The van der Waals surface area contributed by atoms with E-state index in [1.165, 1.54) is 0 Å². The van der Waals surface area contributed by atoms with Gasteiger partial charge in [-0.15, -0.1) is 10.2 Å². The van der Waals surface area contributed by atoms with Gasteiger partial charge >= 0.3 is 12.0 Å². The SMILES string of the molecule is CCC(CNC(=O)NCc1nncn1CC)CC(=O)O. The number of rotatable bonds is 8. The summed E-state index contributed by atoms with van der Waals surface area (Å²) >= 11 is 0. The molecule has 0 aliphatic heterocycles. The number of carboxylic acids is 1. The summed E-state index contributed by atoms with van der Waals surface area (Å²) in [5, 5.41) is 21.7. The Labute approximate surface area is 117 Å². The average Bonchev–Trinajstić information content (AvgIpc) is 2.88. The van der Waals surface area contributed by atoms with Crippen LogP contribution in [0.4, 0.5) is 4.79 Å². The number of aryl methyl sites for hydroxylation is 1. The topological polar surface area (TPSA) is 109 Å². The van der Waals surface area contributed by atoms with E-state index in [0.717, 1.165) is 6.54 Å². The summed E-state index contributed by atoms with van der Waals surface area (Å²) < 4.78 is 1.83. The Morgan fingerprint density at radius 3 is 2.75 bits per heavy atom. The molecule has 0 aliphatic rings. The first kappa shape index (κ1) is 15.9. The number of hydrogen-bond donors (Lipinski definition) is 3. The van der Waals surface area contributed by atoms with Gasteiger partial charge in [0.2, 0.25) is 0 Å². The number of aromatic nitrogens is 3. The zero-order valence-corrected chi connectivity index (χ0v) is 11.8. The molecule has 0 bridgehead atoms. The molecular formula is C12H21N5O3. The van der Waals surface area contributed by atoms with Crippen LogP contribution in [0.3, 0.4) is 0 Å². The van der Waals surface area contributed by atoms with Crippen LogP contribution < -0.4 is 10.6 Å². The maximum absolute atomic E-state index is 11.6. The van der Waals surface area contributed by atoms with E-state index in [0.29, 0.717) is 18.8 Å². The third kappa shape index (κ3) is 5.25. The molecule has 20 heavy (non-hydrogen) atoms. The predicted octanol–water partition coefficient (Wildman–Crippen LogP) is 0.598. The molecule has 1 unspecified atom stereocenters. The summed E-state index contributed by atoms with van der Waals surface area (Å²) in [7, 11) is 0. The van der Waals surface area contributed by atoms with Gasteiger partial charge in [0.15, 0.2) is 5.82 Å². The molecule has 2 amide bonds. The Bertz CT molecular complexity index is 446. The van der Waals surface area contributed by atoms with Crippen molar-refractivity contribution in [2.45, 2.75) is 39.8 Å². The second-order valence-electron chi connectivity index (χ2n) is 4.47. The van der Waals surface area contributed by atoms with Crippen LogP contribution in [0.25, 0.3) is 0 Å². The second kappa shape index (κ2) is 8.13. The van der Waals surface area contributed by atoms with Crippen LogP contribution in [-0.4, -0.2) is 38.4 Å². The fourth-order valence-electron chi connectivity index (χ4n) is 1.75. The van der Waals surface area contributed by atoms with Crippen molar-refractivity contribution >= 4 is 12.0 Å². The summed E-state index contributed by atoms with van der Waals surface area (Å²) in [6.45, 7) is 5.23. The molecule has 0 saturated heterocycles. The van der Waals surface area contributed by atoms with Crippen molar-refractivity contribution in [1.82, 2.24) is 25.4 Å². The standard InChI is InChI=1S/C12H21N5O3/c1-3-9(5-11(18)19)6-13-12(20)14-7-10-16-15-8-17(10)4-2/h8-9H,3-7H2,1-2H3,(H,18,19)(H2,13,14,20). The Morgan fingerprint density at radius 2 is 2.15 bits per heavy atom. The minimum absolute atomic E-state index is 0.0565. The summed E-state index contributed by atoms with van der Waals surface area (Å²) in [6, 6.07) is -0.334. The molecule has 1 rings (SSSR count). The molecule has 1 heterocycles. The first-order valence-electron chi connectivity index (χ1n) is 6.66. The lowest BCUT2D eigenvalue weighted by molar-refractivity contribution is -0.138. The van der Waals surface area contributed by atoms with E-state index in [1.807, 2.05) is 18.4 Å². The van der Waals surface area contributed by atoms with E-state index in [1.54, 1.807) is 6.33 Å². The Hall–Kier alpha value is -2.12. The van der Waals surface area contributed by atoms with Gasteiger partial charge in [0, 0.05) is 19.5 Å². The molecule has 1 aromatic heterocycles. The van der Waals surface area contributed by atoms with E-state index in [2.05, 4.69) is 20.8 Å². The molecule has 112 valence electrons. The van der Waals surface area contributed by atoms with E-state index in [9.17, 15) is 9.59 Å². The normalized spacial score (nSPS) is 11.9. The lowest BCUT2D eigenvalue weighted by Gasteiger charge is -2.14. The number of carbonyl (C=O) groups excluding carboxylic acids is 1. The van der Waals surface area contributed by atoms with Gasteiger partial charge in [-0.25, -0.2) is 4.79 Å². The van der Waals surface area contributed by atoms with Gasteiger partial charge in [-0.1, -0.05) is 13.3 Å². The number of amides is 2. The second-order valence-corrected chi connectivity index (χ2v) is 4.47. The van der Waals surface area contributed by atoms with Crippen LogP contribution in [0, 0.1) is 5.92 Å². The summed E-state index contributed by atoms with van der Waals surface area (Å²) in [5.74, 6) is -0.229. The van der Waals surface area contributed by atoms with Crippen molar-refractivity contribution in [3.05, 3.63) is 12.2 Å². The average molecular weight is 283 g/mol. The van der Waals surface area contributed by atoms with Gasteiger partial charge in [0.25, 0.3) is 0 Å². The highest BCUT2D eigenvalue weighted by Gasteiger charge is 2.12. The third-order valence-corrected chi connectivity index (χ3v) is 3.04. The van der Waals surface area contributed by atoms with Crippen LogP contribution >= 0.6 is 0 Å². The minimum Gasteiger partial charge on any atom is -0.481 e. The van der Waals surface area contributed by atoms with Gasteiger partial charge in [-0.3, -0.25) is 4.79 Å². The van der Waals surface area contributed by atoms with Crippen LogP contribution in [-0.2, 0) is 17.9 Å². The van der Waals surface area contributed by atoms with Gasteiger partial charge in [0.1, 0.15) is 6.33 Å². The molecule has 0 spiro atoms. The minimum atomic E-state index is -0.852. The van der Waals surface area contributed by atoms with Crippen molar-refractivity contribution < 1.29 is 14.7 Å². The lowest BCUT2D eigenvalue weighted by Crippen LogP contribution is -2.38. The number of urea groups is 1. The number of hydrogen-bond acceptors (Lipinski definition) is 4. The first-order valence-corrected chi connectivity index (χ1v) is 6.66.